The molecule has 0 saturated carbocycles. The lowest BCUT2D eigenvalue weighted by Gasteiger charge is -2.30. The summed E-state index contributed by atoms with van der Waals surface area (Å²) in [5.41, 5.74) is -1.39. The van der Waals surface area contributed by atoms with E-state index in [2.05, 4.69) is 12.2 Å². The van der Waals surface area contributed by atoms with E-state index in [4.69, 9.17) is 0 Å². The molecule has 5 nitrogen and oxygen atoms in total. The van der Waals surface area contributed by atoms with Crippen molar-refractivity contribution in [1.29, 1.82) is 0 Å². The van der Waals surface area contributed by atoms with E-state index in [1.807, 2.05) is 7.05 Å². The maximum atomic E-state index is 12.9. The molecule has 0 radical (unpaired) electrons. The Morgan fingerprint density at radius 2 is 2.04 bits per heavy atom. The second-order valence-corrected chi connectivity index (χ2v) is 6.32. The molecule has 0 unspecified atom stereocenters. The predicted octanol–water partition coefficient (Wildman–Crippen LogP) is 2.38. The van der Waals surface area contributed by atoms with Crippen molar-refractivity contribution in [1.82, 2.24) is 14.8 Å². The standard InChI is InChI=1S/C17H24F3N3O2/c1-3-13(21-2)5-4-6-15(24)22-7-8-23-14(11-22)9-12(10-16(23)25)17(18,19)20/h9-10,13,21H,3-8,11H2,1-2H3/t13-/m0/s1. The second kappa shape index (κ2) is 8.03. The van der Waals surface area contributed by atoms with Crippen molar-refractivity contribution < 1.29 is 18.0 Å². The SMILES string of the molecule is CC[C@@H](CCCC(=O)N1CCn2c(cc(C(F)(F)F)cc2=O)C1)NC. The molecule has 0 saturated heterocycles. The Hall–Kier alpha value is -1.83. The Bertz CT molecular complexity index is 666. The van der Waals surface area contributed by atoms with Crippen LogP contribution in [-0.4, -0.2) is 35.0 Å². The van der Waals surface area contributed by atoms with Crippen molar-refractivity contribution in [3.05, 3.63) is 33.7 Å². The monoisotopic (exact) mass is 359 g/mol. The van der Waals surface area contributed by atoms with Gasteiger partial charge in [0.05, 0.1) is 12.1 Å². The number of rotatable bonds is 6. The highest BCUT2D eigenvalue weighted by Crippen LogP contribution is 2.29. The molecule has 8 heteroatoms. The summed E-state index contributed by atoms with van der Waals surface area (Å²) in [6.07, 6.45) is -1.62. The van der Waals surface area contributed by atoms with Crippen LogP contribution in [-0.2, 0) is 24.1 Å². The van der Waals surface area contributed by atoms with Crippen molar-refractivity contribution in [3.63, 3.8) is 0 Å². The van der Waals surface area contributed by atoms with Gasteiger partial charge in [-0.25, -0.2) is 0 Å². The molecular weight excluding hydrogens is 335 g/mol. The molecule has 1 N–H and O–H groups in total. The molecule has 1 aliphatic heterocycles. The first-order valence-electron chi connectivity index (χ1n) is 8.52. The fraction of sp³-hybridized carbons (Fsp3) is 0.647. The number of alkyl halides is 3. The number of aromatic nitrogens is 1. The van der Waals surface area contributed by atoms with E-state index in [1.165, 1.54) is 9.47 Å². The predicted molar refractivity (Wildman–Crippen MR) is 88.1 cm³/mol. The van der Waals surface area contributed by atoms with E-state index in [0.717, 1.165) is 25.3 Å². The number of amides is 1. The van der Waals surface area contributed by atoms with Crippen LogP contribution in [0.2, 0.25) is 0 Å². The molecule has 140 valence electrons. The third-order valence-corrected chi connectivity index (χ3v) is 4.68. The summed E-state index contributed by atoms with van der Waals surface area (Å²) in [5.74, 6) is -0.0814. The van der Waals surface area contributed by atoms with Crippen LogP contribution in [0.3, 0.4) is 0 Å². The summed E-state index contributed by atoms with van der Waals surface area (Å²) in [6, 6.07) is 1.95. The average Bonchev–Trinajstić information content (AvgIpc) is 2.57. The van der Waals surface area contributed by atoms with Gasteiger partial charge in [0.1, 0.15) is 0 Å². The molecule has 2 heterocycles. The number of hydrogen-bond donors (Lipinski definition) is 1. The van der Waals surface area contributed by atoms with Gasteiger partial charge < -0.3 is 14.8 Å². The van der Waals surface area contributed by atoms with E-state index in [9.17, 15) is 22.8 Å². The van der Waals surface area contributed by atoms with Crippen molar-refractivity contribution in [2.45, 2.75) is 57.9 Å². The lowest BCUT2D eigenvalue weighted by atomic mass is 10.1. The maximum Gasteiger partial charge on any atom is 0.416 e. The Morgan fingerprint density at radius 3 is 2.64 bits per heavy atom. The molecule has 1 amide bonds. The minimum atomic E-state index is -4.57. The largest absolute Gasteiger partial charge is 0.416 e. The normalized spacial score (nSPS) is 15.8. The fourth-order valence-corrected chi connectivity index (χ4v) is 3.12. The van der Waals surface area contributed by atoms with E-state index in [-0.39, 0.29) is 24.7 Å². The van der Waals surface area contributed by atoms with Gasteiger partial charge >= 0.3 is 6.18 Å². The smallest absolute Gasteiger partial charge is 0.335 e. The molecule has 0 bridgehead atoms. The minimum Gasteiger partial charge on any atom is -0.335 e. The van der Waals surface area contributed by atoms with Gasteiger partial charge in [-0.1, -0.05) is 6.92 Å². The number of nitrogens with one attached hydrogen (secondary N) is 1. The molecule has 2 rings (SSSR count). The lowest BCUT2D eigenvalue weighted by Crippen LogP contribution is -2.42. The number of halogens is 3. The summed E-state index contributed by atoms with van der Waals surface area (Å²) in [6.45, 7) is 2.69. The molecule has 1 atom stereocenters. The van der Waals surface area contributed by atoms with Gasteiger partial charge in [-0.05, 0) is 32.4 Å². The average molecular weight is 359 g/mol. The van der Waals surface area contributed by atoms with E-state index >= 15 is 0 Å². The number of carbonyl (C=O) groups is 1. The second-order valence-electron chi connectivity index (χ2n) is 6.32. The van der Waals surface area contributed by atoms with E-state index in [1.54, 1.807) is 0 Å². The molecule has 0 spiro atoms. The summed E-state index contributed by atoms with van der Waals surface area (Å²) in [4.78, 5) is 25.7. The summed E-state index contributed by atoms with van der Waals surface area (Å²) in [5, 5.41) is 3.18. The number of hydrogen-bond acceptors (Lipinski definition) is 3. The lowest BCUT2D eigenvalue weighted by molar-refractivity contribution is -0.137. The van der Waals surface area contributed by atoms with Crippen LogP contribution < -0.4 is 10.9 Å². The van der Waals surface area contributed by atoms with Gasteiger partial charge in [0.15, 0.2) is 0 Å². The number of pyridine rings is 1. The van der Waals surface area contributed by atoms with Crippen LogP contribution in [0.15, 0.2) is 16.9 Å². The molecule has 1 aromatic heterocycles. The first-order valence-corrected chi connectivity index (χ1v) is 8.52. The Balaban J connectivity index is 2.03. The highest BCUT2D eigenvalue weighted by Gasteiger charge is 2.33. The quantitative estimate of drug-likeness (QED) is 0.849. The van der Waals surface area contributed by atoms with Crippen molar-refractivity contribution >= 4 is 5.91 Å². The van der Waals surface area contributed by atoms with Gasteiger partial charge in [0, 0.05) is 37.3 Å². The van der Waals surface area contributed by atoms with Crippen LogP contribution in [0.1, 0.15) is 43.9 Å². The van der Waals surface area contributed by atoms with Crippen LogP contribution in [0.25, 0.3) is 0 Å². The maximum absolute atomic E-state index is 12.9. The topological polar surface area (TPSA) is 54.3 Å². The summed E-state index contributed by atoms with van der Waals surface area (Å²) < 4.78 is 39.9. The third kappa shape index (κ3) is 4.84. The summed E-state index contributed by atoms with van der Waals surface area (Å²) >= 11 is 0. The number of fused-ring (bicyclic) bond motifs is 1. The van der Waals surface area contributed by atoms with Crippen LogP contribution in [0, 0.1) is 0 Å². The van der Waals surface area contributed by atoms with Crippen molar-refractivity contribution in [2.24, 2.45) is 0 Å². The third-order valence-electron chi connectivity index (χ3n) is 4.68. The molecular formula is C17H24F3N3O2. The fourth-order valence-electron chi connectivity index (χ4n) is 3.12. The minimum absolute atomic E-state index is 0.0429. The molecule has 1 aliphatic rings. The van der Waals surface area contributed by atoms with Crippen LogP contribution in [0.4, 0.5) is 13.2 Å². The number of nitrogens with zero attached hydrogens (tertiary/aromatic N) is 2. The molecule has 0 aliphatic carbocycles. The molecule has 0 fully saturated rings. The van der Waals surface area contributed by atoms with E-state index in [0.29, 0.717) is 25.1 Å². The zero-order chi connectivity index (χ0) is 18.6. The van der Waals surface area contributed by atoms with Crippen molar-refractivity contribution in [3.8, 4) is 0 Å². The van der Waals surface area contributed by atoms with Crippen molar-refractivity contribution in [2.75, 3.05) is 13.6 Å². The van der Waals surface area contributed by atoms with Crippen LogP contribution in [0.5, 0.6) is 0 Å². The molecule has 0 aromatic carbocycles. The first-order chi connectivity index (χ1) is 11.8. The molecule has 1 aromatic rings. The summed E-state index contributed by atoms with van der Waals surface area (Å²) in [7, 11) is 1.88. The van der Waals surface area contributed by atoms with Gasteiger partial charge in [-0.3, -0.25) is 9.59 Å². The first kappa shape index (κ1) is 19.5. The zero-order valence-corrected chi connectivity index (χ0v) is 14.5. The highest BCUT2D eigenvalue weighted by molar-refractivity contribution is 5.76. The highest BCUT2D eigenvalue weighted by atomic mass is 19.4. The zero-order valence-electron chi connectivity index (χ0n) is 14.5. The van der Waals surface area contributed by atoms with Gasteiger partial charge in [-0.15, -0.1) is 0 Å². The van der Waals surface area contributed by atoms with Gasteiger partial charge in [0.2, 0.25) is 5.91 Å². The van der Waals surface area contributed by atoms with Gasteiger partial charge in [-0.2, -0.15) is 13.2 Å². The Labute approximate surface area is 144 Å². The van der Waals surface area contributed by atoms with E-state index < -0.39 is 17.3 Å². The van der Waals surface area contributed by atoms with Gasteiger partial charge in [0.25, 0.3) is 5.56 Å². The Kier molecular flexibility index (Phi) is 6.26. The molecule has 25 heavy (non-hydrogen) atoms. The number of carbonyl (C=O) groups excluding carboxylic acids is 1. The van der Waals surface area contributed by atoms with Crippen LogP contribution >= 0.6 is 0 Å². The Morgan fingerprint density at radius 1 is 1.32 bits per heavy atom.